The number of sulfone groups is 1. The summed E-state index contributed by atoms with van der Waals surface area (Å²) in [5, 5.41) is 6.44. The lowest BCUT2D eigenvalue weighted by atomic mass is 10.1. The number of nitrogens with one attached hydrogen (secondary N) is 2. The lowest BCUT2D eigenvalue weighted by Crippen LogP contribution is -2.44. The second kappa shape index (κ2) is 12.5. The van der Waals surface area contributed by atoms with Crippen LogP contribution in [0.2, 0.25) is 0 Å². The van der Waals surface area contributed by atoms with Crippen LogP contribution in [0, 0.1) is 0 Å². The van der Waals surface area contributed by atoms with Gasteiger partial charge < -0.3 is 15.4 Å². The van der Waals surface area contributed by atoms with Crippen LogP contribution in [0.1, 0.15) is 31.4 Å². The van der Waals surface area contributed by atoms with Gasteiger partial charge in [-0.05, 0) is 43.6 Å². The van der Waals surface area contributed by atoms with Gasteiger partial charge in [-0.3, -0.25) is 9.89 Å². The van der Waals surface area contributed by atoms with Gasteiger partial charge in [0, 0.05) is 25.9 Å². The molecular weight excluding hydrogens is 491 g/mol. The Morgan fingerprint density at radius 2 is 2.00 bits per heavy atom. The van der Waals surface area contributed by atoms with Gasteiger partial charge in [0.05, 0.1) is 18.9 Å². The molecule has 1 atom stereocenters. The Morgan fingerprint density at radius 1 is 1.29 bits per heavy atom. The Balaban J connectivity index is 0.00000392. The van der Waals surface area contributed by atoms with Crippen molar-refractivity contribution < 1.29 is 13.2 Å². The Hall–Kier alpha value is -1.07. The van der Waals surface area contributed by atoms with Gasteiger partial charge in [-0.15, -0.1) is 24.0 Å². The molecule has 0 spiro atoms. The van der Waals surface area contributed by atoms with Crippen LogP contribution in [-0.2, 0) is 9.84 Å². The van der Waals surface area contributed by atoms with Crippen molar-refractivity contribution in [3.8, 4) is 5.75 Å². The fourth-order valence-corrected chi connectivity index (χ4v) is 3.94. The number of guanidine groups is 1. The summed E-state index contributed by atoms with van der Waals surface area (Å²) in [6.07, 6.45) is 2.42. The zero-order chi connectivity index (χ0) is 19.7. The highest BCUT2D eigenvalue weighted by Gasteiger charge is 2.24. The highest BCUT2D eigenvalue weighted by Crippen LogP contribution is 2.27. The molecule has 0 aliphatic carbocycles. The van der Waals surface area contributed by atoms with Crippen LogP contribution in [0.25, 0.3) is 0 Å². The number of likely N-dealkylation sites (tertiary alicyclic amines) is 1. The molecule has 0 radical (unpaired) electrons. The molecule has 1 aromatic carbocycles. The third-order valence-corrected chi connectivity index (χ3v) is 6.60. The summed E-state index contributed by atoms with van der Waals surface area (Å²) in [7, 11) is 0.388. The van der Waals surface area contributed by atoms with Crippen LogP contribution < -0.4 is 15.4 Å². The number of hydrogen-bond donors (Lipinski definition) is 2. The van der Waals surface area contributed by atoms with Crippen molar-refractivity contribution in [2.75, 3.05) is 51.8 Å². The predicted octanol–water partition coefficient (Wildman–Crippen LogP) is 2.05. The van der Waals surface area contributed by atoms with Crippen LogP contribution in [0.15, 0.2) is 29.3 Å². The fraction of sp³-hybridized carbons (Fsp3) is 0.632. The zero-order valence-corrected chi connectivity index (χ0v) is 20.1. The topological polar surface area (TPSA) is 83.0 Å². The maximum absolute atomic E-state index is 11.6. The summed E-state index contributed by atoms with van der Waals surface area (Å²) in [5.41, 5.74) is 1.20. The largest absolute Gasteiger partial charge is 0.497 e. The minimum Gasteiger partial charge on any atom is -0.497 e. The zero-order valence-electron chi connectivity index (χ0n) is 17.0. The molecule has 1 aromatic rings. The molecule has 2 N–H and O–H groups in total. The summed E-state index contributed by atoms with van der Waals surface area (Å²) in [4.78, 5) is 6.68. The SMILES string of the molecule is CCS(=O)(=O)CCNC(=NC)NCC(c1cccc(OC)c1)N1CCCC1.I. The van der Waals surface area contributed by atoms with E-state index in [9.17, 15) is 8.42 Å². The first kappa shape index (κ1) is 25.0. The number of methoxy groups -OCH3 is 1. The minimum atomic E-state index is -2.99. The second-order valence-electron chi connectivity index (χ2n) is 6.65. The van der Waals surface area contributed by atoms with Crippen LogP contribution in [0.5, 0.6) is 5.75 Å². The van der Waals surface area contributed by atoms with Crippen LogP contribution in [-0.4, -0.2) is 71.1 Å². The molecule has 1 unspecified atom stereocenters. The van der Waals surface area contributed by atoms with E-state index in [0.717, 1.165) is 18.8 Å². The first-order valence-electron chi connectivity index (χ1n) is 9.52. The van der Waals surface area contributed by atoms with E-state index in [2.05, 4.69) is 32.7 Å². The molecule has 160 valence electrons. The quantitative estimate of drug-likeness (QED) is 0.293. The van der Waals surface area contributed by atoms with E-state index in [1.54, 1.807) is 21.1 Å². The van der Waals surface area contributed by atoms with E-state index in [1.165, 1.54) is 18.4 Å². The van der Waals surface area contributed by atoms with E-state index < -0.39 is 9.84 Å². The van der Waals surface area contributed by atoms with Gasteiger partial charge in [0.15, 0.2) is 15.8 Å². The van der Waals surface area contributed by atoms with E-state index in [-0.39, 0.29) is 41.5 Å². The van der Waals surface area contributed by atoms with E-state index in [0.29, 0.717) is 19.0 Å². The van der Waals surface area contributed by atoms with Crippen molar-refractivity contribution in [2.24, 2.45) is 4.99 Å². The van der Waals surface area contributed by atoms with E-state index >= 15 is 0 Å². The number of ether oxygens (including phenoxy) is 1. The molecular formula is C19H33IN4O3S. The Labute approximate surface area is 186 Å². The van der Waals surface area contributed by atoms with Gasteiger partial charge in [-0.25, -0.2) is 8.42 Å². The number of benzene rings is 1. The highest BCUT2D eigenvalue weighted by atomic mass is 127. The van der Waals surface area contributed by atoms with Crippen molar-refractivity contribution in [3.05, 3.63) is 29.8 Å². The van der Waals surface area contributed by atoms with Gasteiger partial charge in [0.2, 0.25) is 0 Å². The normalized spacial score (nSPS) is 16.3. The van der Waals surface area contributed by atoms with Crippen molar-refractivity contribution in [3.63, 3.8) is 0 Å². The molecule has 0 aromatic heterocycles. The average Bonchev–Trinajstić information content (AvgIpc) is 3.21. The smallest absolute Gasteiger partial charge is 0.191 e. The van der Waals surface area contributed by atoms with Gasteiger partial charge in [0.25, 0.3) is 0 Å². The van der Waals surface area contributed by atoms with Gasteiger partial charge in [0.1, 0.15) is 5.75 Å². The molecule has 9 heteroatoms. The molecule has 1 saturated heterocycles. The molecule has 1 aliphatic heterocycles. The maximum Gasteiger partial charge on any atom is 0.191 e. The minimum absolute atomic E-state index is 0. The van der Waals surface area contributed by atoms with Crippen LogP contribution >= 0.6 is 24.0 Å². The second-order valence-corrected chi connectivity index (χ2v) is 9.12. The number of rotatable bonds is 9. The van der Waals surface area contributed by atoms with Crippen molar-refractivity contribution in [2.45, 2.75) is 25.8 Å². The lowest BCUT2D eigenvalue weighted by Gasteiger charge is -2.29. The van der Waals surface area contributed by atoms with Gasteiger partial charge >= 0.3 is 0 Å². The molecule has 0 saturated carbocycles. The third kappa shape index (κ3) is 7.75. The van der Waals surface area contributed by atoms with Gasteiger partial charge in [-0.2, -0.15) is 0 Å². The summed E-state index contributed by atoms with van der Waals surface area (Å²) in [6, 6.07) is 8.37. The average molecular weight is 524 g/mol. The highest BCUT2D eigenvalue weighted by molar-refractivity contribution is 14.0. The molecule has 7 nitrogen and oxygen atoms in total. The summed E-state index contributed by atoms with van der Waals surface area (Å²) < 4.78 is 28.6. The van der Waals surface area contributed by atoms with Crippen molar-refractivity contribution in [1.29, 1.82) is 0 Å². The maximum atomic E-state index is 11.6. The molecule has 1 aliphatic rings. The summed E-state index contributed by atoms with van der Waals surface area (Å²) in [6.45, 7) is 4.85. The molecule has 1 fully saturated rings. The van der Waals surface area contributed by atoms with E-state index in [4.69, 9.17) is 4.74 Å². The first-order chi connectivity index (χ1) is 13.0. The molecule has 1 heterocycles. The molecule has 28 heavy (non-hydrogen) atoms. The Bertz CT molecular complexity index is 722. The standard InChI is InChI=1S/C19H32N4O3S.HI/c1-4-27(24,25)13-10-21-19(20-2)22-15-18(23-11-5-6-12-23)16-8-7-9-17(14-16)26-3;/h7-9,14,18H,4-6,10-13,15H2,1-3H3,(H2,20,21,22);1H. The number of hydrogen-bond acceptors (Lipinski definition) is 5. The Morgan fingerprint density at radius 3 is 2.61 bits per heavy atom. The summed E-state index contributed by atoms with van der Waals surface area (Å²) in [5.74, 6) is 1.74. The number of nitrogens with zero attached hydrogens (tertiary/aromatic N) is 2. The molecule has 0 bridgehead atoms. The number of aliphatic imine (C=N–C) groups is 1. The van der Waals surface area contributed by atoms with E-state index in [1.807, 2.05) is 12.1 Å². The monoisotopic (exact) mass is 524 g/mol. The first-order valence-corrected chi connectivity index (χ1v) is 11.3. The van der Waals surface area contributed by atoms with Crippen molar-refractivity contribution in [1.82, 2.24) is 15.5 Å². The van der Waals surface area contributed by atoms with Gasteiger partial charge in [-0.1, -0.05) is 19.1 Å². The van der Waals surface area contributed by atoms with Crippen LogP contribution in [0.3, 0.4) is 0 Å². The van der Waals surface area contributed by atoms with Crippen LogP contribution in [0.4, 0.5) is 0 Å². The predicted molar refractivity (Wildman–Crippen MR) is 126 cm³/mol. The molecule has 0 amide bonds. The molecule has 2 rings (SSSR count). The van der Waals surface area contributed by atoms with Crippen molar-refractivity contribution >= 4 is 39.8 Å². The Kier molecular flexibility index (Phi) is 11.1. The summed E-state index contributed by atoms with van der Waals surface area (Å²) >= 11 is 0. The number of halogens is 1. The lowest BCUT2D eigenvalue weighted by molar-refractivity contribution is 0.245. The third-order valence-electron chi connectivity index (χ3n) is 4.89. The fourth-order valence-electron chi connectivity index (χ4n) is 3.24.